The molecule has 0 aromatic heterocycles. The van der Waals surface area contributed by atoms with E-state index in [2.05, 4.69) is 12.2 Å². The lowest BCUT2D eigenvalue weighted by Crippen LogP contribution is -2.47. The first-order chi connectivity index (χ1) is 10.6. The molecular weight excluding hydrogens is 280 g/mol. The van der Waals surface area contributed by atoms with Crippen molar-refractivity contribution in [2.24, 2.45) is 17.8 Å². The van der Waals surface area contributed by atoms with Crippen LogP contribution in [-0.2, 0) is 14.4 Å². The number of imide groups is 1. The van der Waals surface area contributed by atoms with Crippen LogP contribution >= 0.6 is 0 Å². The molecule has 0 spiro atoms. The lowest BCUT2D eigenvalue weighted by Gasteiger charge is -2.30. The van der Waals surface area contributed by atoms with Crippen molar-refractivity contribution in [2.45, 2.75) is 51.5 Å². The number of carbonyl (C=O) groups excluding carboxylic acids is 3. The summed E-state index contributed by atoms with van der Waals surface area (Å²) < 4.78 is 0. The number of carbonyl (C=O) groups is 3. The van der Waals surface area contributed by atoms with E-state index in [1.54, 1.807) is 0 Å². The summed E-state index contributed by atoms with van der Waals surface area (Å²) in [5.74, 6) is -0.586. The predicted octanol–water partition coefficient (Wildman–Crippen LogP) is 1.63. The largest absolute Gasteiger partial charge is 0.352 e. The van der Waals surface area contributed by atoms with Gasteiger partial charge in [-0.15, -0.1) is 0 Å². The summed E-state index contributed by atoms with van der Waals surface area (Å²) in [4.78, 5) is 38.1. The van der Waals surface area contributed by atoms with Crippen molar-refractivity contribution in [3.05, 3.63) is 12.2 Å². The quantitative estimate of drug-likeness (QED) is 0.636. The number of hydrogen-bond acceptors (Lipinski definition) is 3. The molecule has 1 saturated carbocycles. The maximum absolute atomic E-state index is 12.3. The van der Waals surface area contributed by atoms with Gasteiger partial charge in [0, 0.05) is 6.04 Å². The number of likely N-dealkylation sites (tertiary alicyclic amines) is 1. The molecule has 1 saturated heterocycles. The van der Waals surface area contributed by atoms with Gasteiger partial charge >= 0.3 is 0 Å². The van der Waals surface area contributed by atoms with Crippen molar-refractivity contribution in [1.29, 1.82) is 0 Å². The molecule has 120 valence electrons. The summed E-state index contributed by atoms with van der Waals surface area (Å²) in [5.41, 5.74) is 0. The third-order valence-electron chi connectivity index (χ3n) is 5.36. The van der Waals surface area contributed by atoms with Crippen LogP contribution in [0.4, 0.5) is 0 Å². The Morgan fingerprint density at radius 3 is 2.32 bits per heavy atom. The Labute approximate surface area is 131 Å². The van der Waals surface area contributed by atoms with Gasteiger partial charge in [-0.25, -0.2) is 0 Å². The molecule has 22 heavy (non-hydrogen) atoms. The van der Waals surface area contributed by atoms with Gasteiger partial charge < -0.3 is 5.32 Å². The van der Waals surface area contributed by atoms with E-state index in [4.69, 9.17) is 0 Å². The summed E-state index contributed by atoms with van der Waals surface area (Å²) in [6.07, 6.45) is 9.62. The molecule has 3 rings (SSSR count). The summed E-state index contributed by atoms with van der Waals surface area (Å²) >= 11 is 0. The van der Waals surface area contributed by atoms with Gasteiger partial charge in [-0.1, -0.05) is 31.9 Å². The Hall–Kier alpha value is -1.65. The van der Waals surface area contributed by atoms with E-state index in [0.29, 0.717) is 18.8 Å². The predicted molar refractivity (Wildman–Crippen MR) is 81.6 cm³/mol. The fourth-order valence-corrected chi connectivity index (χ4v) is 3.95. The third-order valence-corrected chi connectivity index (χ3v) is 5.36. The average molecular weight is 304 g/mol. The standard InChI is InChI=1S/C17H24N2O3/c1-11-6-2-5-9-14(11)18-15(20)10-19-16(21)12-7-3-4-8-13(12)17(19)22/h3-4,11-14H,2,5-10H2,1H3,(H,18,20)/t11-,12-,13+,14-/m1/s1. The molecule has 5 heteroatoms. The molecule has 1 aliphatic heterocycles. The smallest absolute Gasteiger partial charge is 0.240 e. The van der Waals surface area contributed by atoms with Crippen LogP contribution in [0.2, 0.25) is 0 Å². The van der Waals surface area contributed by atoms with Crippen molar-refractivity contribution < 1.29 is 14.4 Å². The molecular formula is C17H24N2O3. The minimum atomic E-state index is -0.251. The molecule has 3 aliphatic rings. The SMILES string of the molecule is C[C@@H]1CCCC[C@H]1NC(=O)CN1C(=O)[C@H]2CC=CC[C@H]2C1=O. The highest BCUT2D eigenvalue weighted by Crippen LogP contribution is 2.34. The molecule has 4 atom stereocenters. The van der Waals surface area contributed by atoms with Crippen LogP contribution in [0.15, 0.2) is 12.2 Å². The number of fused-ring (bicyclic) bond motifs is 1. The summed E-state index contributed by atoms with van der Waals surface area (Å²) in [6.45, 7) is 2.03. The van der Waals surface area contributed by atoms with Crippen molar-refractivity contribution in [2.75, 3.05) is 6.54 Å². The van der Waals surface area contributed by atoms with E-state index in [9.17, 15) is 14.4 Å². The normalized spacial score (nSPS) is 34.7. The van der Waals surface area contributed by atoms with E-state index < -0.39 is 0 Å². The molecule has 3 amide bonds. The minimum Gasteiger partial charge on any atom is -0.352 e. The number of hydrogen-bond donors (Lipinski definition) is 1. The molecule has 1 N–H and O–H groups in total. The Morgan fingerprint density at radius 2 is 1.73 bits per heavy atom. The van der Waals surface area contributed by atoms with Crippen LogP contribution in [0.5, 0.6) is 0 Å². The fourth-order valence-electron chi connectivity index (χ4n) is 3.95. The Morgan fingerprint density at radius 1 is 1.14 bits per heavy atom. The minimum absolute atomic E-state index is 0.117. The molecule has 5 nitrogen and oxygen atoms in total. The average Bonchev–Trinajstić information content (AvgIpc) is 2.75. The summed E-state index contributed by atoms with van der Waals surface area (Å²) in [5, 5.41) is 3.02. The zero-order chi connectivity index (χ0) is 15.7. The lowest BCUT2D eigenvalue weighted by molar-refractivity contribution is -0.143. The van der Waals surface area contributed by atoms with E-state index >= 15 is 0 Å². The van der Waals surface area contributed by atoms with Crippen LogP contribution < -0.4 is 5.32 Å². The van der Waals surface area contributed by atoms with Crippen LogP contribution in [0.3, 0.4) is 0 Å². The molecule has 2 fully saturated rings. The van der Waals surface area contributed by atoms with Gasteiger partial charge in [0.15, 0.2) is 0 Å². The second kappa shape index (κ2) is 6.23. The zero-order valence-corrected chi connectivity index (χ0v) is 13.1. The monoisotopic (exact) mass is 304 g/mol. The molecule has 2 aliphatic carbocycles. The van der Waals surface area contributed by atoms with Crippen LogP contribution in [-0.4, -0.2) is 35.2 Å². The van der Waals surface area contributed by atoms with E-state index in [0.717, 1.165) is 19.3 Å². The van der Waals surface area contributed by atoms with Crippen LogP contribution in [0, 0.1) is 17.8 Å². The molecule has 0 bridgehead atoms. The van der Waals surface area contributed by atoms with Crippen molar-refractivity contribution >= 4 is 17.7 Å². The van der Waals surface area contributed by atoms with Gasteiger partial charge in [0.05, 0.1) is 11.8 Å². The first kappa shape index (κ1) is 15.3. The molecule has 0 aromatic carbocycles. The van der Waals surface area contributed by atoms with Gasteiger partial charge in [-0.3, -0.25) is 19.3 Å². The van der Waals surface area contributed by atoms with Crippen molar-refractivity contribution in [1.82, 2.24) is 10.2 Å². The molecule has 0 unspecified atom stereocenters. The molecule has 1 heterocycles. The van der Waals surface area contributed by atoms with Gasteiger partial charge in [-0.05, 0) is 31.6 Å². The van der Waals surface area contributed by atoms with Crippen LogP contribution in [0.1, 0.15) is 45.4 Å². The van der Waals surface area contributed by atoms with Crippen LogP contribution in [0.25, 0.3) is 0 Å². The van der Waals surface area contributed by atoms with Gasteiger partial charge in [0.2, 0.25) is 17.7 Å². The highest BCUT2D eigenvalue weighted by Gasteiger charge is 2.47. The Bertz CT molecular complexity index is 488. The second-order valence-corrected chi connectivity index (χ2v) is 6.85. The zero-order valence-electron chi connectivity index (χ0n) is 13.1. The van der Waals surface area contributed by atoms with Gasteiger partial charge in [-0.2, -0.15) is 0 Å². The Balaban J connectivity index is 1.59. The number of rotatable bonds is 3. The topological polar surface area (TPSA) is 66.5 Å². The lowest BCUT2D eigenvalue weighted by atomic mass is 9.85. The second-order valence-electron chi connectivity index (χ2n) is 6.85. The first-order valence-corrected chi connectivity index (χ1v) is 8.37. The number of allylic oxidation sites excluding steroid dienone is 2. The highest BCUT2D eigenvalue weighted by molar-refractivity contribution is 6.07. The molecule has 0 aromatic rings. The van der Waals surface area contributed by atoms with Gasteiger partial charge in [0.25, 0.3) is 0 Å². The summed E-state index contributed by atoms with van der Waals surface area (Å²) in [6, 6.07) is 0.179. The van der Waals surface area contributed by atoms with Crippen molar-refractivity contribution in [3.8, 4) is 0 Å². The number of nitrogens with one attached hydrogen (secondary N) is 1. The Kier molecular flexibility index (Phi) is 4.32. The summed E-state index contributed by atoms with van der Waals surface area (Å²) in [7, 11) is 0. The maximum Gasteiger partial charge on any atom is 0.240 e. The maximum atomic E-state index is 12.3. The number of nitrogens with zero attached hydrogens (tertiary/aromatic N) is 1. The first-order valence-electron chi connectivity index (χ1n) is 8.37. The van der Waals surface area contributed by atoms with E-state index in [-0.39, 0.29) is 42.1 Å². The van der Waals surface area contributed by atoms with Gasteiger partial charge in [0.1, 0.15) is 6.54 Å². The third kappa shape index (κ3) is 2.81. The fraction of sp³-hybridized carbons (Fsp3) is 0.706. The van der Waals surface area contributed by atoms with E-state index in [1.807, 2.05) is 12.2 Å². The van der Waals surface area contributed by atoms with Crippen molar-refractivity contribution in [3.63, 3.8) is 0 Å². The highest BCUT2D eigenvalue weighted by atomic mass is 16.2. The van der Waals surface area contributed by atoms with E-state index in [1.165, 1.54) is 11.3 Å². The molecule has 0 radical (unpaired) electrons. The number of amides is 3.